The molecule has 0 aromatic heterocycles. The molecule has 1 N–H and O–H groups in total. The monoisotopic (exact) mass is 231 g/mol. The Balaban J connectivity index is 1.78. The van der Waals surface area contributed by atoms with E-state index in [1.165, 1.54) is 0 Å². The number of aliphatic hydroxyl groups is 1. The van der Waals surface area contributed by atoms with Gasteiger partial charge in [-0.05, 0) is 25.7 Å². The van der Waals surface area contributed by atoms with Gasteiger partial charge in [-0.25, -0.2) is 4.79 Å². The number of aliphatic hydroxyl groups excluding tert-OH is 1. The molecule has 1 aliphatic carbocycles. The molecule has 0 aromatic rings. The van der Waals surface area contributed by atoms with Crippen LogP contribution in [0.4, 0.5) is 4.79 Å². The molecule has 2 fully saturated rings. The van der Waals surface area contributed by atoms with Crippen molar-refractivity contribution in [2.45, 2.75) is 31.8 Å². The summed E-state index contributed by atoms with van der Waals surface area (Å²) in [6, 6.07) is 0. The fourth-order valence-corrected chi connectivity index (χ4v) is 3.14. The highest BCUT2D eigenvalue weighted by Gasteiger charge is 2.35. The van der Waals surface area contributed by atoms with Gasteiger partial charge in [-0.15, -0.1) is 0 Å². The molecule has 1 aliphatic heterocycles. The molecule has 5 heteroatoms. The third-order valence-corrected chi connectivity index (χ3v) is 4.42. The van der Waals surface area contributed by atoms with Gasteiger partial charge in [-0.2, -0.15) is 0 Å². The van der Waals surface area contributed by atoms with Crippen molar-refractivity contribution >= 4 is 16.4 Å². The van der Waals surface area contributed by atoms with Crippen LogP contribution in [0.5, 0.6) is 0 Å². The molecule has 0 spiro atoms. The van der Waals surface area contributed by atoms with Crippen molar-refractivity contribution in [3.63, 3.8) is 0 Å². The molecule has 1 amide bonds. The number of nitrogens with zero attached hydrogens (tertiary/aromatic N) is 1. The van der Waals surface area contributed by atoms with Crippen molar-refractivity contribution in [3.8, 4) is 0 Å². The van der Waals surface area contributed by atoms with E-state index in [1.807, 2.05) is 0 Å². The number of rotatable bonds is 2. The van der Waals surface area contributed by atoms with E-state index in [-0.39, 0.29) is 11.3 Å². The summed E-state index contributed by atoms with van der Waals surface area (Å²) in [5.41, 5.74) is 0. The number of piperidine rings is 1. The Morgan fingerprint density at radius 2 is 1.93 bits per heavy atom. The second kappa shape index (κ2) is 4.72. The molecular formula is C10H17NO3S. The average molecular weight is 231 g/mol. The Hall–Kier alpha value is -0.260. The van der Waals surface area contributed by atoms with Gasteiger partial charge in [0.2, 0.25) is 0 Å². The van der Waals surface area contributed by atoms with Gasteiger partial charge in [0.1, 0.15) is 5.75 Å². The van der Waals surface area contributed by atoms with Crippen LogP contribution >= 0.6 is 0 Å². The summed E-state index contributed by atoms with van der Waals surface area (Å²) >= 11 is -1.34. The Morgan fingerprint density at radius 1 is 1.33 bits per heavy atom. The largest absolute Gasteiger partial charge is 0.608 e. The lowest BCUT2D eigenvalue weighted by molar-refractivity contribution is 0.0995. The Labute approximate surface area is 92.8 Å². The summed E-state index contributed by atoms with van der Waals surface area (Å²) in [4.78, 5) is 13.3. The Morgan fingerprint density at radius 3 is 2.47 bits per heavy atom. The van der Waals surface area contributed by atoms with Crippen LogP contribution in [0.1, 0.15) is 25.7 Å². The van der Waals surface area contributed by atoms with Gasteiger partial charge in [-0.1, -0.05) is 0 Å². The first-order valence-corrected chi connectivity index (χ1v) is 6.84. The van der Waals surface area contributed by atoms with Gasteiger partial charge in [0, 0.05) is 30.2 Å². The summed E-state index contributed by atoms with van der Waals surface area (Å²) in [5, 5.41) is 9.06. The van der Waals surface area contributed by atoms with Crippen LogP contribution in [0, 0.1) is 5.92 Å². The normalized spacial score (nSPS) is 25.3. The molecule has 15 heavy (non-hydrogen) atoms. The third-order valence-electron chi connectivity index (χ3n) is 3.00. The summed E-state index contributed by atoms with van der Waals surface area (Å²) in [7, 11) is 0. The SMILES string of the molecule is O=C(N1CCC(O)CC1)[S+]([O-])CC1CC1. The number of hydrogen-bond donors (Lipinski definition) is 1. The van der Waals surface area contributed by atoms with Crippen molar-refractivity contribution in [1.29, 1.82) is 0 Å². The van der Waals surface area contributed by atoms with E-state index in [9.17, 15) is 14.5 Å². The minimum Gasteiger partial charge on any atom is -0.608 e. The van der Waals surface area contributed by atoms with E-state index in [0.29, 0.717) is 37.6 Å². The molecule has 0 radical (unpaired) electrons. The van der Waals surface area contributed by atoms with Gasteiger partial charge < -0.3 is 9.66 Å². The summed E-state index contributed by atoms with van der Waals surface area (Å²) < 4.78 is 11.6. The van der Waals surface area contributed by atoms with Crippen molar-refractivity contribution in [3.05, 3.63) is 0 Å². The first-order chi connectivity index (χ1) is 7.16. The molecule has 1 heterocycles. The quantitative estimate of drug-likeness (QED) is 0.712. The van der Waals surface area contributed by atoms with E-state index in [1.54, 1.807) is 4.90 Å². The molecule has 4 nitrogen and oxygen atoms in total. The standard InChI is InChI=1S/C10H17NO3S/c12-9-3-5-11(6-4-9)10(13)15(14)7-8-1-2-8/h8-9,12H,1-7H2. The zero-order valence-corrected chi connectivity index (χ0v) is 9.54. The molecule has 1 saturated heterocycles. The molecule has 86 valence electrons. The highest BCUT2D eigenvalue weighted by atomic mass is 32.2. The topological polar surface area (TPSA) is 63.6 Å². The molecular weight excluding hydrogens is 214 g/mol. The summed E-state index contributed by atoms with van der Waals surface area (Å²) in [6.07, 6.45) is 3.19. The van der Waals surface area contributed by atoms with E-state index < -0.39 is 11.2 Å². The van der Waals surface area contributed by atoms with Gasteiger partial charge in [0.15, 0.2) is 0 Å². The second-order valence-corrected chi connectivity index (χ2v) is 5.81. The smallest absolute Gasteiger partial charge is 0.429 e. The number of hydrogen-bond acceptors (Lipinski definition) is 3. The fraction of sp³-hybridized carbons (Fsp3) is 0.900. The van der Waals surface area contributed by atoms with Crippen LogP contribution in [-0.2, 0) is 11.2 Å². The van der Waals surface area contributed by atoms with Crippen LogP contribution < -0.4 is 0 Å². The van der Waals surface area contributed by atoms with E-state index in [4.69, 9.17) is 0 Å². The molecule has 0 bridgehead atoms. The van der Waals surface area contributed by atoms with E-state index in [2.05, 4.69) is 0 Å². The van der Waals surface area contributed by atoms with Crippen molar-refractivity contribution < 1.29 is 14.5 Å². The molecule has 1 unspecified atom stereocenters. The van der Waals surface area contributed by atoms with Crippen molar-refractivity contribution in [2.24, 2.45) is 5.92 Å². The number of likely N-dealkylation sites (tertiary alicyclic amines) is 1. The van der Waals surface area contributed by atoms with Crippen molar-refractivity contribution in [1.82, 2.24) is 4.90 Å². The lowest BCUT2D eigenvalue weighted by Crippen LogP contribution is -2.43. The molecule has 1 saturated carbocycles. The molecule has 0 aromatic carbocycles. The predicted molar refractivity (Wildman–Crippen MR) is 57.9 cm³/mol. The maximum absolute atomic E-state index is 11.7. The molecule has 1 atom stereocenters. The van der Waals surface area contributed by atoms with E-state index in [0.717, 1.165) is 12.8 Å². The zero-order chi connectivity index (χ0) is 10.8. The lowest BCUT2D eigenvalue weighted by Gasteiger charge is -2.28. The van der Waals surface area contributed by atoms with Crippen LogP contribution in [0.25, 0.3) is 0 Å². The first kappa shape index (κ1) is 11.2. The summed E-state index contributed by atoms with van der Waals surface area (Å²) in [5.74, 6) is 1.06. The van der Waals surface area contributed by atoms with Gasteiger partial charge >= 0.3 is 5.24 Å². The highest BCUT2D eigenvalue weighted by Crippen LogP contribution is 2.31. The Bertz CT molecular complexity index is 237. The third kappa shape index (κ3) is 3.09. The van der Waals surface area contributed by atoms with Gasteiger partial charge in [-0.3, -0.25) is 4.90 Å². The highest BCUT2D eigenvalue weighted by molar-refractivity contribution is 8.05. The van der Waals surface area contributed by atoms with Crippen molar-refractivity contribution in [2.75, 3.05) is 18.8 Å². The van der Waals surface area contributed by atoms with Crippen LogP contribution in [-0.4, -0.2) is 44.7 Å². The van der Waals surface area contributed by atoms with E-state index >= 15 is 0 Å². The molecule has 2 aliphatic rings. The zero-order valence-electron chi connectivity index (χ0n) is 8.72. The maximum Gasteiger partial charge on any atom is 0.429 e. The average Bonchev–Trinajstić information content (AvgIpc) is 3.02. The Kier molecular flexibility index (Phi) is 3.53. The van der Waals surface area contributed by atoms with Gasteiger partial charge in [0.05, 0.1) is 6.10 Å². The number of carbonyl (C=O) groups is 1. The fourth-order valence-electron chi connectivity index (χ4n) is 1.76. The minimum absolute atomic E-state index is 0.228. The van der Waals surface area contributed by atoms with Crippen LogP contribution in [0.3, 0.4) is 0 Å². The predicted octanol–water partition coefficient (Wildman–Crippen LogP) is 0.722. The number of carbonyl (C=O) groups excluding carboxylic acids is 1. The minimum atomic E-state index is -1.34. The molecule has 2 rings (SSSR count). The van der Waals surface area contributed by atoms with Gasteiger partial charge in [0.25, 0.3) is 0 Å². The van der Waals surface area contributed by atoms with Crippen LogP contribution in [0.15, 0.2) is 0 Å². The first-order valence-electron chi connectivity index (χ1n) is 5.52. The lowest BCUT2D eigenvalue weighted by atomic mass is 10.1. The number of amides is 1. The summed E-state index contributed by atoms with van der Waals surface area (Å²) in [6.45, 7) is 1.10. The maximum atomic E-state index is 11.7. The second-order valence-electron chi connectivity index (χ2n) is 4.44. The van der Waals surface area contributed by atoms with Crippen LogP contribution in [0.2, 0.25) is 0 Å².